The summed E-state index contributed by atoms with van der Waals surface area (Å²) >= 11 is 0. The van der Waals surface area contributed by atoms with E-state index in [0.717, 1.165) is 0 Å². The lowest BCUT2D eigenvalue weighted by Crippen LogP contribution is -2.49. The molecule has 1 atom stereocenters. The van der Waals surface area contributed by atoms with Crippen LogP contribution in [-0.4, -0.2) is 60.4 Å². The molecule has 0 bridgehead atoms. The van der Waals surface area contributed by atoms with E-state index in [0.29, 0.717) is 49.9 Å². The van der Waals surface area contributed by atoms with E-state index in [1.807, 2.05) is 4.90 Å². The summed E-state index contributed by atoms with van der Waals surface area (Å²) in [5.74, 6) is 0.541. The standard InChI is InChI=1S/C19H21FN4O2/c20-17-5-3-7-22-19(17)24-10-8-23(9-11-24)13-16(25)14-26-18-6-2-1-4-15(18)12-21/h1-7,16,25H,8-11,13-14H2. The number of nitrogens with zero attached hydrogens (tertiary/aromatic N) is 4. The second-order valence-electron chi connectivity index (χ2n) is 6.17. The first kappa shape index (κ1) is 18.1. The summed E-state index contributed by atoms with van der Waals surface area (Å²) in [5, 5.41) is 19.3. The van der Waals surface area contributed by atoms with Gasteiger partial charge in [-0.1, -0.05) is 12.1 Å². The number of rotatable bonds is 6. The van der Waals surface area contributed by atoms with Gasteiger partial charge in [-0.15, -0.1) is 0 Å². The number of aliphatic hydroxyl groups is 1. The van der Waals surface area contributed by atoms with E-state index in [9.17, 15) is 9.50 Å². The molecule has 1 aromatic heterocycles. The Balaban J connectivity index is 1.46. The topological polar surface area (TPSA) is 72.6 Å². The van der Waals surface area contributed by atoms with E-state index in [4.69, 9.17) is 10.00 Å². The highest BCUT2D eigenvalue weighted by molar-refractivity contribution is 5.42. The molecule has 1 fully saturated rings. The first-order chi connectivity index (χ1) is 12.7. The van der Waals surface area contributed by atoms with Crippen LogP contribution in [0, 0.1) is 17.1 Å². The number of halogens is 1. The fourth-order valence-corrected chi connectivity index (χ4v) is 2.97. The Labute approximate surface area is 152 Å². The van der Waals surface area contributed by atoms with Crippen molar-refractivity contribution >= 4 is 5.82 Å². The average Bonchev–Trinajstić information content (AvgIpc) is 2.68. The highest BCUT2D eigenvalue weighted by Gasteiger charge is 2.22. The molecule has 0 spiro atoms. The van der Waals surface area contributed by atoms with Gasteiger partial charge in [-0.3, -0.25) is 4.90 Å². The van der Waals surface area contributed by atoms with Gasteiger partial charge in [0.15, 0.2) is 11.6 Å². The molecule has 7 heteroatoms. The van der Waals surface area contributed by atoms with Crippen molar-refractivity contribution in [3.63, 3.8) is 0 Å². The number of nitriles is 1. The van der Waals surface area contributed by atoms with Gasteiger partial charge in [-0.05, 0) is 24.3 Å². The maximum Gasteiger partial charge on any atom is 0.165 e. The highest BCUT2D eigenvalue weighted by Crippen LogP contribution is 2.18. The van der Waals surface area contributed by atoms with Crippen molar-refractivity contribution < 1.29 is 14.2 Å². The van der Waals surface area contributed by atoms with Gasteiger partial charge in [0.25, 0.3) is 0 Å². The molecule has 6 nitrogen and oxygen atoms in total. The molecule has 136 valence electrons. The van der Waals surface area contributed by atoms with Crippen molar-refractivity contribution in [2.45, 2.75) is 6.10 Å². The zero-order valence-corrected chi connectivity index (χ0v) is 14.4. The van der Waals surface area contributed by atoms with Crippen molar-refractivity contribution in [2.75, 3.05) is 44.2 Å². The van der Waals surface area contributed by atoms with E-state index in [2.05, 4.69) is 16.0 Å². The van der Waals surface area contributed by atoms with Gasteiger partial charge < -0.3 is 14.7 Å². The molecule has 3 rings (SSSR count). The van der Waals surface area contributed by atoms with Crippen LogP contribution in [0.3, 0.4) is 0 Å². The Morgan fingerprint density at radius 3 is 2.69 bits per heavy atom. The van der Waals surface area contributed by atoms with E-state index in [1.165, 1.54) is 6.07 Å². The molecule has 1 aromatic carbocycles. The Hall–Kier alpha value is -2.69. The number of β-amino-alcohol motifs (C(OH)–C–C–N with tert-alkyl or cyclic N) is 1. The molecule has 2 aromatic rings. The lowest BCUT2D eigenvalue weighted by molar-refractivity contribution is 0.0661. The van der Waals surface area contributed by atoms with E-state index >= 15 is 0 Å². The lowest BCUT2D eigenvalue weighted by atomic mass is 10.2. The zero-order chi connectivity index (χ0) is 18.4. The number of anilines is 1. The zero-order valence-electron chi connectivity index (χ0n) is 14.4. The number of hydrogen-bond donors (Lipinski definition) is 1. The minimum atomic E-state index is -0.667. The Bertz CT molecular complexity index is 772. The van der Waals surface area contributed by atoms with Crippen LogP contribution >= 0.6 is 0 Å². The Morgan fingerprint density at radius 1 is 1.19 bits per heavy atom. The molecule has 1 saturated heterocycles. The van der Waals surface area contributed by atoms with Crippen LogP contribution in [0.5, 0.6) is 5.75 Å². The van der Waals surface area contributed by atoms with E-state index in [1.54, 1.807) is 36.5 Å². The predicted molar refractivity (Wildman–Crippen MR) is 95.5 cm³/mol. The van der Waals surface area contributed by atoms with Crippen LogP contribution < -0.4 is 9.64 Å². The fraction of sp³-hybridized carbons (Fsp3) is 0.368. The van der Waals surface area contributed by atoms with Crippen LogP contribution in [0.15, 0.2) is 42.6 Å². The summed E-state index contributed by atoms with van der Waals surface area (Å²) in [5.41, 5.74) is 0.450. The maximum absolute atomic E-state index is 13.8. The van der Waals surface area contributed by atoms with Crippen molar-refractivity contribution in [2.24, 2.45) is 0 Å². The first-order valence-electron chi connectivity index (χ1n) is 8.55. The normalized spacial score (nSPS) is 16.1. The molecule has 2 heterocycles. The number of para-hydroxylation sites is 1. The van der Waals surface area contributed by atoms with Crippen molar-refractivity contribution in [1.82, 2.24) is 9.88 Å². The third-order valence-electron chi connectivity index (χ3n) is 4.32. The average molecular weight is 356 g/mol. The monoisotopic (exact) mass is 356 g/mol. The number of hydrogen-bond acceptors (Lipinski definition) is 6. The van der Waals surface area contributed by atoms with Gasteiger partial charge in [0.2, 0.25) is 0 Å². The first-order valence-corrected chi connectivity index (χ1v) is 8.55. The summed E-state index contributed by atoms with van der Waals surface area (Å²) in [6.07, 6.45) is 0.921. The summed E-state index contributed by atoms with van der Waals surface area (Å²) in [6, 6.07) is 12.0. The van der Waals surface area contributed by atoms with Crippen molar-refractivity contribution in [1.29, 1.82) is 5.26 Å². The number of pyridine rings is 1. The molecule has 0 aliphatic carbocycles. The third kappa shape index (κ3) is 4.48. The van der Waals surface area contributed by atoms with Gasteiger partial charge in [0.05, 0.1) is 5.56 Å². The summed E-state index contributed by atoms with van der Waals surface area (Å²) in [6.45, 7) is 3.31. The SMILES string of the molecule is N#Cc1ccccc1OCC(O)CN1CCN(c2ncccc2F)CC1. The van der Waals surface area contributed by atoms with Gasteiger partial charge in [0.1, 0.15) is 24.5 Å². The molecule has 26 heavy (non-hydrogen) atoms. The second-order valence-corrected chi connectivity index (χ2v) is 6.17. The number of ether oxygens (including phenoxy) is 1. The Kier molecular flexibility index (Phi) is 6.00. The van der Waals surface area contributed by atoms with Gasteiger partial charge in [0, 0.05) is 38.9 Å². The van der Waals surface area contributed by atoms with E-state index < -0.39 is 6.10 Å². The highest BCUT2D eigenvalue weighted by atomic mass is 19.1. The van der Waals surface area contributed by atoms with Gasteiger partial charge in [-0.25, -0.2) is 9.37 Å². The molecule has 1 N–H and O–H groups in total. The quantitative estimate of drug-likeness (QED) is 0.849. The third-order valence-corrected chi connectivity index (χ3v) is 4.32. The smallest absolute Gasteiger partial charge is 0.165 e. The molecule has 0 amide bonds. The van der Waals surface area contributed by atoms with E-state index in [-0.39, 0.29) is 12.4 Å². The van der Waals surface area contributed by atoms with Crippen LogP contribution in [0.4, 0.5) is 10.2 Å². The summed E-state index contributed by atoms with van der Waals surface area (Å²) in [7, 11) is 0. The molecule has 0 saturated carbocycles. The number of aliphatic hydroxyl groups excluding tert-OH is 1. The lowest BCUT2D eigenvalue weighted by Gasteiger charge is -2.36. The van der Waals surface area contributed by atoms with Gasteiger partial charge >= 0.3 is 0 Å². The number of benzene rings is 1. The summed E-state index contributed by atoms with van der Waals surface area (Å²) in [4.78, 5) is 8.13. The van der Waals surface area contributed by atoms with Crippen molar-refractivity contribution in [3.05, 3.63) is 54.0 Å². The second kappa shape index (κ2) is 8.61. The fourth-order valence-electron chi connectivity index (χ4n) is 2.97. The van der Waals surface area contributed by atoms with Crippen LogP contribution in [0.1, 0.15) is 5.56 Å². The van der Waals surface area contributed by atoms with Crippen LogP contribution in [-0.2, 0) is 0 Å². The minimum absolute atomic E-state index is 0.119. The molecular weight excluding hydrogens is 335 g/mol. The molecular formula is C19H21FN4O2. The summed E-state index contributed by atoms with van der Waals surface area (Å²) < 4.78 is 19.4. The van der Waals surface area contributed by atoms with Crippen LogP contribution in [0.25, 0.3) is 0 Å². The molecule has 1 aliphatic rings. The largest absolute Gasteiger partial charge is 0.489 e. The Morgan fingerprint density at radius 2 is 1.96 bits per heavy atom. The molecule has 0 radical (unpaired) electrons. The maximum atomic E-state index is 13.8. The van der Waals surface area contributed by atoms with Crippen LogP contribution in [0.2, 0.25) is 0 Å². The predicted octanol–water partition coefficient (Wildman–Crippen LogP) is 1.65. The van der Waals surface area contributed by atoms with Crippen molar-refractivity contribution in [3.8, 4) is 11.8 Å². The number of aromatic nitrogens is 1. The van der Waals surface area contributed by atoms with Gasteiger partial charge in [-0.2, -0.15) is 5.26 Å². The number of piperazine rings is 1. The molecule has 1 unspecified atom stereocenters. The molecule has 1 aliphatic heterocycles. The minimum Gasteiger partial charge on any atom is -0.489 e.